The number of thiophene rings is 1. The van der Waals surface area contributed by atoms with Crippen molar-refractivity contribution < 1.29 is 18.1 Å². The van der Waals surface area contributed by atoms with Crippen LogP contribution >= 0.6 is 11.3 Å². The monoisotopic (exact) mass is 388 g/mol. The van der Waals surface area contributed by atoms with Gasteiger partial charge in [-0.25, -0.2) is 8.42 Å². The van der Waals surface area contributed by atoms with Gasteiger partial charge in [-0.2, -0.15) is 4.31 Å². The molecular weight excluding hydrogens is 358 g/mol. The zero-order valence-corrected chi connectivity index (χ0v) is 16.8. The van der Waals surface area contributed by atoms with Gasteiger partial charge in [-0.05, 0) is 24.8 Å². The maximum absolute atomic E-state index is 12.5. The predicted molar refractivity (Wildman–Crippen MR) is 100 cm³/mol. The van der Waals surface area contributed by atoms with Crippen LogP contribution in [0.3, 0.4) is 0 Å². The summed E-state index contributed by atoms with van der Waals surface area (Å²) in [6.45, 7) is 6.92. The van der Waals surface area contributed by atoms with E-state index in [-0.39, 0.29) is 11.9 Å². The molecule has 1 aromatic heterocycles. The zero-order valence-electron chi connectivity index (χ0n) is 15.2. The van der Waals surface area contributed by atoms with Gasteiger partial charge >= 0.3 is 0 Å². The molecule has 1 atom stereocenters. The van der Waals surface area contributed by atoms with Crippen LogP contribution in [0.4, 0.5) is 0 Å². The summed E-state index contributed by atoms with van der Waals surface area (Å²) < 4.78 is 26.9. The lowest BCUT2D eigenvalue weighted by molar-refractivity contribution is -0.895. The lowest BCUT2D eigenvalue weighted by Crippen LogP contribution is -3.15. The Hall–Kier alpha value is -0.960. The van der Waals surface area contributed by atoms with Gasteiger partial charge in [0.05, 0.1) is 26.2 Å². The molecule has 2 heterocycles. The zero-order chi connectivity index (χ0) is 18.3. The summed E-state index contributed by atoms with van der Waals surface area (Å²) in [5, 5.41) is 4.84. The van der Waals surface area contributed by atoms with Crippen molar-refractivity contribution in [2.24, 2.45) is 0 Å². The summed E-state index contributed by atoms with van der Waals surface area (Å²) >= 11 is 1.25. The van der Waals surface area contributed by atoms with E-state index in [2.05, 4.69) is 19.2 Å². The molecule has 1 amide bonds. The Morgan fingerprint density at radius 1 is 1.36 bits per heavy atom. The van der Waals surface area contributed by atoms with Crippen LogP contribution in [0.15, 0.2) is 21.7 Å². The molecule has 1 fully saturated rings. The second-order valence-electron chi connectivity index (χ2n) is 6.73. The van der Waals surface area contributed by atoms with Gasteiger partial charge in [-0.15, -0.1) is 11.3 Å². The minimum absolute atomic E-state index is 0.0635. The fourth-order valence-electron chi connectivity index (χ4n) is 3.08. The molecule has 142 valence electrons. The summed E-state index contributed by atoms with van der Waals surface area (Å²) in [7, 11) is -3.36. The van der Waals surface area contributed by atoms with E-state index < -0.39 is 10.0 Å². The third-order valence-corrected chi connectivity index (χ3v) is 7.85. The lowest BCUT2D eigenvalue weighted by Gasteiger charge is -2.31. The van der Waals surface area contributed by atoms with Crippen molar-refractivity contribution in [3.8, 4) is 0 Å². The van der Waals surface area contributed by atoms with E-state index in [0.29, 0.717) is 36.9 Å². The number of carbonyl (C=O) groups is 1. The van der Waals surface area contributed by atoms with Gasteiger partial charge in [0.2, 0.25) is 0 Å². The highest BCUT2D eigenvalue weighted by Crippen LogP contribution is 2.20. The van der Waals surface area contributed by atoms with Gasteiger partial charge in [0.25, 0.3) is 15.9 Å². The number of hydrogen-bond donors (Lipinski definition) is 2. The molecule has 1 aromatic rings. The van der Waals surface area contributed by atoms with Gasteiger partial charge in [0.1, 0.15) is 4.21 Å². The number of piperazine rings is 1. The van der Waals surface area contributed by atoms with Crippen molar-refractivity contribution in [2.75, 3.05) is 32.7 Å². The molecule has 0 unspecified atom stereocenters. The van der Waals surface area contributed by atoms with Crippen LogP contribution in [0.5, 0.6) is 0 Å². The van der Waals surface area contributed by atoms with Crippen molar-refractivity contribution >= 4 is 27.3 Å². The van der Waals surface area contributed by atoms with Crippen LogP contribution in [0.1, 0.15) is 39.5 Å². The topological polar surface area (TPSA) is 70.9 Å². The molecule has 8 heteroatoms. The largest absolute Gasteiger partial charge is 0.349 e. The Balaban J connectivity index is 1.74. The summed E-state index contributed by atoms with van der Waals surface area (Å²) in [4.78, 5) is 13.3. The van der Waals surface area contributed by atoms with E-state index in [1.54, 1.807) is 17.5 Å². The van der Waals surface area contributed by atoms with Gasteiger partial charge in [0, 0.05) is 6.04 Å². The first-order chi connectivity index (χ1) is 11.9. The first-order valence-corrected chi connectivity index (χ1v) is 11.4. The number of nitrogens with one attached hydrogen (secondary N) is 2. The average Bonchev–Trinajstić information content (AvgIpc) is 3.10. The van der Waals surface area contributed by atoms with E-state index in [4.69, 9.17) is 0 Å². The second-order valence-corrected chi connectivity index (χ2v) is 9.84. The second kappa shape index (κ2) is 9.66. The number of unbranched alkanes of at least 4 members (excludes halogenated alkanes) is 2. The minimum atomic E-state index is -3.36. The van der Waals surface area contributed by atoms with E-state index in [1.165, 1.54) is 28.5 Å². The number of sulfonamides is 1. The molecule has 0 spiro atoms. The minimum Gasteiger partial charge on any atom is -0.349 e. The molecule has 1 saturated heterocycles. The summed E-state index contributed by atoms with van der Waals surface area (Å²) in [5.74, 6) is 0.0635. The quantitative estimate of drug-likeness (QED) is 0.613. The number of amides is 1. The Labute approximate surface area is 155 Å². The third kappa shape index (κ3) is 6.06. The van der Waals surface area contributed by atoms with E-state index >= 15 is 0 Å². The van der Waals surface area contributed by atoms with E-state index in [9.17, 15) is 13.2 Å². The van der Waals surface area contributed by atoms with E-state index in [1.807, 2.05) is 0 Å². The van der Waals surface area contributed by atoms with Crippen LogP contribution in [-0.2, 0) is 14.8 Å². The lowest BCUT2D eigenvalue weighted by atomic mass is 10.1. The Kier molecular flexibility index (Phi) is 7.86. The number of carbonyl (C=O) groups excluding carboxylic acids is 1. The van der Waals surface area contributed by atoms with Crippen molar-refractivity contribution in [1.29, 1.82) is 0 Å². The number of rotatable bonds is 9. The fraction of sp³-hybridized carbons (Fsp3) is 0.706. The first kappa shape index (κ1) is 20.4. The number of quaternary nitrogens is 1. The SMILES string of the molecule is CCCCC[C@@H](C)NC(=O)C[NH+]1CCN(S(=O)(=O)c2cccs2)CC1. The Morgan fingerprint density at radius 2 is 2.08 bits per heavy atom. The molecule has 1 aliphatic heterocycles. The van der Waals surface area contributed by atoms with Gasteiger partial charge in [0.15, 0.2) is 6.54 Å². The molecule has 0 aromatic carbocycles. The number of nitrogens with zero attached hydrogens (tertiary/aromatic N) is 1. The van der Waals surface area contributed by atoms with Crippen LogP contribution in [0.25, 0.3) is 0 Å². The molecule has 0 radical (unpaired) electrons. The first-order valence-electron chi connectivity index (χ1n) is 9.10. The maximum atomic E-state index is 12.5. The highest BCUT2D eigenvalue weighted by Gasteiger charge is 2.31. The van der Waals surface area contributed by atoms with Gasteiger partial charge in [-0.3, -0.25) is 4.79 Å². The molecule has 6 nitrogen and oxygen atoms in total. The molecule has 0 saturated carbocycles. The van der Waals surface area contributed by atoms with Crippen molar-refractivity contribution in [1.82, 2.24) is 9.62 Å². The smallest absolute Gasteiger partial charge is 0.275 e. The maximum Gasteiger partial charge on any atom is 0.275 e. The molecule has 2 N–H and O–H groups in total. The molecule has 0 bridgehead atoms. The van der Waals surface area contributed by atoms with Crippen molar-refractivity contribution in [3.05, 3.63) is 17.5 Å². The van der Waals surface area contributed by atoms with Crippen molar-refractivity contribution in [3.63, 3.8) is 0 Å². The summed E-state index contributed by atoms with van der Waals surface area (Å²) in [6.07, 6.45) is 4.54. The standard InChI is InChI=1S/C17H29N3O3S2/c1-3-4-5-7-15(2)18-16(21)14-19-9-11-20(12-10-19)25(22,23)17-8-6-13-24-17/h6,8,13,15H,3-5,7,9-12,14H2,1-2H3,(H,18,21)/p+1/t15-/m1/s1. The normalized spacial score (nSPS) is 18.2. The van der Waals surface area contributed by atoms with Crippen molar-refractivity contribution in [2.45, 2.75) is 49.8 Å². The molecule has 25 heavy (non-hydrogen) atoms. The fourth-order valence-corrected chi connectivity index (χ4v) is 5.67. The third-order valence-electron chi connectivity index (χ3n) is 4.58. The van der Waals surface area contributed by atoms with Crippen LogP contribution in [0, 0.1) is 0 Å². The molecule has 0 aliphatic carbocycles. The highest BCUT2D eigenvalue weighted by atomic mass is 32.2. The molecular formula is C17H30N3O3S2+. The van der Waals surface area contributed by atoms with E-state index in [0.717, 1.165) is 17.7 Å². The molecule has 1 aliphatic rings. The summed E-state index contributed by atoms with van der Waals surface area (Å²) in [5.41, 5.74) is 0. The average molecular weight is 389 g/mol. The Bertz CT molecular complexity index is 624. The predicted octanol–water partition coefficient (Wildman–Crippen LogP) is 0.722. The Morgan fingerprint density at radius 3 is 2.68 bits per heavy atom. The van der Waals surface area contributed by atoms with Gasteiger partial charge < -0.3 is 10.2 Å². The highest BCUT2D eigenvalue weighted by molar-refractivity contribution is 7.91. The van der Waals surface area contributed by atoms with Crippen LogP contribution in [-0.4, -0.2) is 57.4 Å². The number of hydrogen-bond acceptors (Lipinski definition) is 4. The van der Waals surface area contributed by atoms with Crippen LogP contribution < -0.4 is 10.2 Å². The molecule has 2 rings (SSSR count). The van der Waals surface area contributed by atoms with Crippen LogP contribution in [0.2, 0.25) is 0 Å². The summed E-state index contributed by atoms with van der Waals surface area (Å²) in [6, 6.07) is 3.61. The van der Waals surface area contributed by atoms with Gasteiger partial charge in [-0.1, -0.05) is 32.3 Å².